The standard InChI is InChI=1S/C23H26FN5O2S/c1-28(15-18-4-2-3-5-20(18)29-10-12-31-13-11-29)16-21-26-27-23(32-21)22(30)25-14-17-6-8-19(24)9-7-17/h2-9H,10-16H2,1H3,(H,25,30). The predicted octanol–water partition coefficient (Wildman–Crippen LogP) is 3.08. The van der Waals surface area contributed by atoms with Gasteiger partial charge in [-0.2, -0.15) is 0 Å². The number of para-hydroxylation sites is 1. The average molecular weight is 456 g/mol. The summed E-state index contributed by atoms with van der Waals surface area (Å²) in [5.41, 5.74) is 3.31. The molecule has 1 saturated heterocycles. The molecule has 1 N–H and O–H groups in total. The number of carbonyl (C=O) groups excluding carboxylic acids is 1. The minimum absolute atomic E-state index is 0.279. The summed E-state index contributed by atoms with van der Waals surface area (Å²) in [6.07, 6.45) is 0. The predicted molar refractivity (Wildman–Crippen MR) is 122 cm³/mol. The van der Waals surface area contributed by atoms with E-state index in [4.69, 9.17) is 4.74 Å². The van der Waals surface area contributed by atoms with Crippen LogP contribution in [0, 0.1) is 5.82 Å². The van der Waals surface area contributed by atoms with Gasteiger partial charge in [-0.3, -0.25) is 9.69 Å². The Labute approximate surface area is 190 Å². The Balaban J connectivity index is 1.32. The maximum absolute atomic E-state index is 13.0. The minimum Gasteiger partial charge on any atom is -0.378 e. The molecule has 2 aromatic carbocycles. The van der Waals surface area contributed by atoms with Gasteiger partial charge in [0.15, 0.2) is 0 Å². The molecule has 0 unspecified atom stereocenters. The van der Waals surface area contributed by atoms with Crippen molar-refractivity contribution < 1.29 is 13.9 Å². The third-order valence-electron chi connectivity index (χ3n) is 5.22. The van der Waals surface area contributed by atoms with E-state index in [1.807, 2.05) is 7.05 Å². The highest BCUT2D eigenvalue weighted by molar-refractivity contribution is 7.13. The molecule has 0 bridgehead atoms. The van der Waals surface area contributed by atoms with Gasteiger partial charge in [-0.15, -0.1) is 10.2 Å². The van der Waals surface area contributed by atoms with Crippen molar-refractivity contribution in [2.24, 2.45) is 0 Å². The molecule has 1 aromatic heterocycles. The van der Waals surface area contributed by atoms with Gasteiger partial charge in [0.25, 0.3) is 5.91 Å². The monoisotopic (exact) mass is 455 g/mol. The molecule has 168 valence electrons. The third-order valence-corrected chi connectivity index (χ3v) is 6.12. The number of anilines is 1. The number of aromatic nitrogens is 2. The highest BCUT2D eigenvalue weighted by Crippen LogP contribution is 2.23. The molecule has 1 fully saturated rings. The van der Waals surface area contributed by atoms with Crippen LogP contribution in [0.1, 0.15) is 25.9 Å². The number of carbonyl (C=O) groups is 1. The van der Waals surface area contributed by atoms with Crippen molar-refractivity contribution in [1.82, 2.24) is 20.4 Å². The molecule has 4 rings (SSSR count). The molecule has 7 nitrogen and oxygen atoms in total. The van der Waals surface area contributed by atoms with Crippen LogP contribution in [0.4, 0.5) is 10.1 Å². The molecular weight excluding hydrogens is 429 g/mol. The first-order chi connectivity index (χ1) is 15.6. The molecule has 2 heterocycles. The Bertz CT molecular complexity index is 1040. The minimum atomic E-state index is -0.300. The smallest absolute Gasteiger partial charge is 0.282 e. The number of ether oxygens (including phenoxy) is 1. The second kappa shape index (κ2) is 10.6. The van der Waals surface area contributed by atoms with Gasteiger partial charge in [0, 0.05) is 31.9 Å². The molecule has 1 amide bonds. The van der Waals surface area contributed by atoms with Crippen molar-refractivity contribution in [3.8, 4) is 0 Å². The number of rotatable bonds is 8. The summed E-state index contributed by atoms with van der Waals surface area (Å²) in [6.45, 7) is 4.97. The van der Waals surface area contributed by atoms with Crippen LogP contribution in [0.3, 0.4) is 0 Å². The van der Waals surface area contributed by atoms with E-state index in [1.165, 1.54) is 34.7 Å². The maximum atomic E-state index is 13.0. The number of nitrogens with zero attached hydrogens (tertiary/aromatic N) is 4. The van der Waals surface area contributed by atoms with E-state index in [-0.39, 0.29) is 11.7 Å². The van der Waals surface area contributed by atoms with Crippen molar-refractivity contribution in [3.63, 3.8) is 0 Å². The maximum Gasteiger partial charge on any atom is 0.282 e. The zero-order valence-electron chi connectivity index (χ0n) is 18.0. The lowest BCUT2D eigenvalue weighted by Crippen LogP contribution is -2.37. The van der Waals surface area contributed by atoms with Crippen molar-refractivity contribution in [3.05, 3.63) is 75.5 Å². The summed E-state index contributed by atoms with van der Waals surface area (Å²) in [7, 11) is 2.03. The summed E-state index contributed by atoms with van der Waals surface area (Å²) in [5.74, 6) is -0.580. The van der Waals surface area contributed by atoms with Gasteiger partial charge < -0.3 is 15.0 Å². The molecule has 1 aliphatic rings. The summed E-state index contributed by atoms with van der Waals surface area (Å²) < 4.78 is 18.5. The van der Waals surface area contributed by atoms with Crippen molar-refractivity contribution in [2.75, 3.05) is 38.3 Å². The second-order valence-corrected chi connectivity index (χ2v) is 8.77. The molecule has 0 aliphatic carbocycles. The van der Waals surface area contributed by atoms with Gasteiger partial charge in [0.05, 0.1) is 19.8 Å². The lowest BCUT2D eigenvalue weighted by molar-refractivity contribution is 0.0950. The SMILES string of the molecule is CN(Cc1nnc(C(=O)NCc2ccc(F)cc2)s1)Cc1ccccc1N1CCOCC1. The zero-order chi connectivity index (χ0) is 22.3. The van der Waals surface area contributed by atoms with Gasteiger partial charge in [0.2, 0.25) is 5.01 Å². The van der Waals surface area contributed by atoms with Crippen molar-refractivity contribution in [1.29, 1.82) is 0 Å². The van der Waals surface area contributed by atoms with E-state index >= 15 is 0 Å². The number of morpholine rings is 1. The van der Waals surface area contributed by atoms with E-state index in [9.17, 15) is 9.18 Å². The van der Waals surface area contributed by atoms with E-state index in [0.29, 0.717) is 18.1 Å². The highest BCUT2D eigenvalue weighted by Gasteiger charge is 2.17. The highest BCUT2D eigenvalue weighted by atomic mass is 32.1. The average Bonchev–Trinajstić information content (AvgIpc) is 3.28. The van der Waals surface area contributed by atoms with E-state index in [1.54, 1.807) is 12.1 Å². The van der Waals surface area contributed by atoms with Crippen LogP contribution < -0.4 is 10.2 Å². The second-order valence-electron chi connectivity index (χ2n) is 7.71. The lowest BCUT2D eigenvalue weighted by atomic mass is 10.1. The molecule has 0 radical (unpaired) electrons. The third kappa shape index (κ3) is 5.87. The van der Waals surface area contributed by atoms with Gasteiger partial charge in [-0.1, -0.05) is 41.7 Å². The fourth-order valence-corrected chi connectivity index (χ4v) is 4.44. The Morgan fingerprint density at radius 1 is 1.12 bits per heavy atom. The van der Waals surface area contributed by atoms with Crippen molar-refractivity contribution in [2.45, 2.75) is 19.6 Å². The van der Waals surface area contributed by atoms with E-state index in [2.05, 4.69) is 49.6 Å². The molecule has 0 spiro atoms. The molecule has 0 atom stereocenters. The van der Waals surface area contributed by atoms with Crippen LogP contribution in [-0.4, -0.2) is 54.4 Å². The fourth-order valence-electron chi connectivity index (χ4n) is 3.60. The summed E-state index contributed by atoms with van der Waals surface area (Å²) in [6, 6.07) is 14.5. The van der Waals surface area contributed by atoms with Gasteiger partial charge in [-0.05, 0) is 36.4 Å². The lowest BCUT2D eigenvalue weighted by Gasteiger charge is -2.31. The molecule has 32 heavy (non-hydrogen) atoms. The van der Waals surface area contributed by atoms with E-state index in [0.717, 1.165) is 43.4 Å². The zero-order valence-corrected chi connectivity index (χ0v) is 18.8. The number of halogens is 1. The quantitative estimate of drug-likeness (QED) is 0.563. The Hall–Kier alpha value is -2.88. The van der Waals surface area contributed by atoms with Crippen LogP contribution in [0.15, 0.2) is 48.5 Å². The summed E-state index contributed by atoms with van der Waals surface area (Å²) in [5, 5.41) is 12.1. The van der Waals surface area contributed by atoms with Crippen molar-refractivity contribution >= 4 is 22.9 Å². The Morgan fingerprint density at radius 2 is 1.88 bits per heavy atom. The van der Waals surface area contributed by atoms with E-state index < -0.39 is 0 Å². The summed E-state index contributed by atoms with van der Waals surface area (Å²) in [4.78, 5) is 16.9. The number of benzene rings is 2. The van der Waals surface area contributed by atoms with Crippen LogP contribution in [0.2, 0.25) is 0 Å². The normalized spacial score (nSPS) is 14.0. The number of hydrogen-bond acceptors (Lipinski definition) is 7. The first-order valence-corrected chi connectivity index (χ1v) is 11.3. The number of nitrogens with one attached hydrogen (secondary N) is 1. The topological polar surface area (TPSA) is 70.6 Å². The first kappa shape index (κ1) is 22.3. The molecule has 1 aliphatic heterocycles. The Morgan fingerprint density at radius 3 is 2.66 bits per heavy atom. The Kier molecular flexibility index (Phi) is 7.41. The van der Waals surface area contributed by atoms with Crippen LogP contribution in [0.25, 0.3) is 0 Å². The molecule has 9 heteroatoms. The van der Waals surface area contributed by atoms with Crippen LogP contribution in [0.5, 0.6) is 0 Å². The van der Waals surface area contributed by atoms with Crippen LogP contribution in [-0.2, 0) is 24.4 Å². The molecule has 0 saturated carbocycles. The molecular formula is C23H26FN5O2S. The molecule has 3 aromatic rings. The number of hydrogen-bond donors (Lipinski definition) is 1. The van der Waals surface area contributed by atoms with Gasteiger partial charge >= 0.3 is 0 Å². The number of amides is 1. The van der Waals surface area contributed by atoms with Crippen LogP contribution >= 0.6 is 11.3 Å². The first-order valence-electron chi connectivity index (χ1n) is 10.5. The van der Waals surface area contributed by atoms with Gasteiger partial charge in [-0.25, -0.2) is 4.39 Å². The van der Waals surface area contributed by atoms with Gasteiger partial charge in [0.1, 0.15) is 10.8 Å². The largest absolute Gasteiger partial charge is 0.378 e. The summed E-state index contributed by atoms with van der Waals surface area (Å²) >= 11 is 1.29. The fraction of sp³-hybridized carbons (Fsp3) is 0.348.